The van der Waals surface area contributed by atoms with Crippen LogP contribution >= 0.6 is 24.0 Å². The molecule has 80 valence electrons. The Morgan fingerprint density at radius 3 is 3.00 bits per heavy atom. The van der Waals surface area contributed by atoms with E-state index >= 15 is 0 Å². The van der Waals surface area contributed by atoms with Gasteiger partial charge in [0.25, 0.3) is 5.56 Å². The number of unbranched alkanes of at least 4 members (excludes halogenated alkanes) is 1. The zero-order chi connectivity index (χ0) is 10.7. The molecule has 2 aromatic rings. The summed E-state index contributed by atoms with van der Waals surface area (Å²) >= 11 is 5.77. The molecule has 0 spiro atoms. The number of nitrogens with zero attached hydrogens (tertiary/aromatic N) is 1. The van der Waals surface area contributed by atoms with Crippen molar-refractivity contribution in [3.8, 4) is 0 Å². The van der Waals surface area contributed by atoms with Gasteiger partial charge in [-0.3, -0.25) is 4.79 Å². The van der Waals surface area contributed by atoms with Gasteiger partial charge in [0.2, 0.25) is 0 Å². The van der Waals surface area contributed by atoms with Crippen molar-refractivity contribution in [3.05, 3.63) is 34.1 Å². The molecule has 0 aliphatic heterocycles. The lowest BCUT2D eigenvalue weighted by Crippen LogP contribution is -2.18. The first-order valence-corrected chi connectivity index (χ1v) is 6.51. The highest BCUT2D eigenvalue weighted by Gasteiger charge is 2.02. The largest absolute Gasteiger partial charge is 0.315 e. The number of hydrogen-bond donors (Lipinski definition) is 1. The molecule has 0 aliphatic carbocycles. The molecule has 0 radical (unpaired) electrons. The van der Waals surface area contributed by atoms with E-state index < -0.39 is 0 Å². The van der Waals surface area contributed by atoms with Crippen LogP contribution in [0.4, 0.5) is 0 Å². The van der Waals surface area contributed by atoms with E-state index in [0.717, 1.165) is 35.2 Å². The summed E-state index contributed by atoms with van der Waals surface area (Å²) in [6.45, 7) is 0.797. The van der Waals surface area contributed by atoms with E-state index in [2.05, 4.69) is 12.6 Å². The average Bonchev–Trinajstić information content (AvgIpc) is 2.70. The quantitative estimate of drug-likeness (QED) is 0.643. The summed E-state index contributed by atoms with van der Waals surface area (Å²) in [6.07, 6.45) is 3.95. The Labute approximate surface area is 98.0 Å². The molecule has 0 fully saturated rings. The minimum absolute atomic E-state index is 0.132. The van der Waals surface area contributed by atoms with E-state index in [-0.39, 0.29) is 5.56 Å². The fraction of sp³-hybridized carbons (Fsp3) is 0.364. The second-order valence-electron chi connectivity index (χ2n) is 3.44. The SMILES string of the molecule is O=c1c2ccsc2ccn1CCCCS. The summed E-state index contributed by atoms with van der Waals surface area (Å²) in [5, 5.41) is 2.80. The molecule has 2 nitrogen and oxygen atoms in total. The molecule has 0 aromatic carbocycles. The lowest BCUT2D eigenvalue weighted by atomic mass is 10.3. The molecule has 2 rings (SSSR count). The molecule has 0 aliphatic rings. The zero-order valence-electron chi connectivity index (χ0n) is 8.35. The van der Waals surface area contributed by atoms with Crippen LogP contribution in [0.5, 0.6) is 0 Å². The number of thiol groups is 1. The first-order chi connectivity index (χ1) is 7.33. The van der Waals surface area contributed by atoms with Gasteiger partial charge in [0, 0.05) is 17.4 Å². The van der Waals surface area contributed by atoms with Gasteiger partial charge in [-0.05, 0) is 36.1 Å². The van der Waals surface area contributed by atoms with E-state index in [9.17, 15) is 4.79 Å². The van der Waals surface area contributed by atoms with Gasteiger partial charge in [-0.15, -0.1) is 11.3 Å². The van der Waals surface area contributed by atoms with Crippen molar-refractivity contribution in [2.75, 3.05) is 5.75 Å². The summed E-state index contributed by atoms with van der Waals surface area (Å²) < 4.78 is 2.86. The van der Waals surface area contributed by atoms with E-state index in [1.54, 1.807) is 15.9 Å². The fourth-order valence-corrected chi connectivity index (χ4v) is 2.57. The molecule has 0 bridgehead atoms. The summed E-state index contributed by atoms with van der Waals surface area (Å²) in [5.41, 5.74) is 0.132. The summed E-state index contributed by atoms with van der Waals surface area (Å²) in [7, 11) is 0. The number of aryl methyl sites for hydroxylation is 1. The maximum Gasteiger partial charge on any atom is 0.259 e. The van der Waals surface area contributed by atoms with Crippen LogP contribution in [0.25, 0.3) is 10.1 Å². The minimum Gasteiger partial charge on any atom is -0.315 e. The van der Waals surface area contributed by atoms with Gasteiger partial charge in [0.15, 0.2) is 0 Å². The Kier molecular flexibility index (Phi) is 3.49. The van der Waals surface area contributed by atoms with Gasteiger partial charge < -0.3 is 4.57 Å². The van der Waals surface area contributed by atoms with Gasteiger partial charge in [0.1, 0.15) is 0 Å². The highest BCUT2D eigenvalue weighted by Crippen LogP contribution is 2.16. The van der Waals surface area contributed by atoms with Gasteiger partial charge in [0.05, 0.1) is 5.39 Å². The Morgan fingerprint density at radius 2 is 2.20 bits per heavy atom. The van der Waals surface area contributed by atoms with Crippen molar-refractivity contribution in [1.82, 2.24) is 4.57 Å². The van der Waals surface area contributed by atoms with Crippen molar-refractivity contribution >= 4 is 34.1 Å². The summed E-state index contributed by atoms with van der Waals surface area (Å²) in [6, 6.07) is 3.92. The monoisotopic (exact) mass is 239 g/mol. The highest BCUT2D eigenvalue weighted by molar-refractivity contribution is 7.80. The predicted octanol–water partition coefficient (Wildman–Crippen LogP) is 2.77. The summed E-state index contributed by atoms with van der Waals surface area (Å²) in [5.74, 6) is 0.884. The molecule has 0 atom stereocenters. The van der Waals surface area contributed by atoms with Crippen molar-refractivity contribution in [1.29, 1.82) is 0 Å². The molecule has 15 heavy (non-hydrogen) atoms. The van der Waals surface area contributed by atoms with Crippen molar-refractivity contribution in [2.24, 2.45) is 0 Å². The number of fused-ring (bicyclic) bond motifs is 1. The first kappa shape index (κ1) is 10.8. The lowest BCUT2D eigenvalue weighted by Gasteiger charge is -2.04. The highest BCUT2D eigenvalue weighted by atomic mass is 32.1. The molecule has 0 saturated heterocycles. The van der Waals surface area contributed by atoms with Crippen LogP contribution in [0, 0.1) is 0 Å². The molecular formula is C11H13NOS2. The van der Waals surface area contributed by atoms with Gasteiger partial charge in [-0.2, -0.15) is 12.6 Å². The van der Waals surface area contributed by atoms with Crippen LogP contribution in [-0.2, 0) is 6.54 Å². The summed E-state index contributed by atoms with van der Waals surface area (Å²) in [4.78, 5) is 11.9. The zero-order valence-corrected chi connectivity index (χ0v) is 10.1. The van der Waals surface area contributed by atoms with Crippen LogP contribution < -0.4 is 5.56 Å². The van der Waals surface area contributed by atoms with Crippen LogP contribution in [0.3, 0.4) is 0 Å². The first-order valence-electron chi connectivity index (χ1n) is 5.00. The minimum atomic E-state index is 0.132. The maximum absolute atomic E-state index is 11.9. The molecule has 2 heterocycles. The lowest BCUT2D eigenvalue weighted by molar-refractivity contribution is 0.620. The third-order valence-corrected chi connectivity index (χ3v) is 3.60. The molecule has 0 unspecified atom stereocenters. The van der Waals surface area contributed by atoms with Crippen molar-refractivity contribution < 1.29 is 0 Å². The second-order valence-corrected chi connectivity index (χ2v) is 4.84. The number of rotatable bonds is 4. The Bertz CT molecular complexity index is 501. The van der Waals surface area contributed by atoms with Crippen LogP contribution in [-0.4, -0.2) is 10.3 Å². The Balaban J connectivity index is 2.28. The smallest absolute Gasteiger partial charge is 0.259 e. The van der Waals surface area contributed by atoms with E-state index in [1.807, 2.05) is 23.7 Å². The molecule has 4 heteroatoms. The number of hydrogen-bond acceptors (Lipinski definition) is 3. The number of thiophene rings is 1. The normalized spacial score (nSPS) is 11.0. The maximum atomic E-state index is 11.9. The van der Waals surface area contributed by atoms with Crippen LogP contribution in [0.1, 0.15) is 12.8 Å². The second kappa shape index (κ2) is 4.86. The standard InChI is InChI=1S/C11H13NOS2/c13-11-9-4-8-15-10(9)3-6-12(11)5-1-2-7-14/h3-4,6,8,14H,1-2,5,7H2. The van der Waals surface area contributed by atoms with Gasteiger partial charge >= 0.3 is 0 Å². The van der Waals surface area contributed by atoms with Crippen LogP contribution in [0.15, 0.2) is 28.5 Å². The molecule has 2 aromatic heterocycles. The molecule has 0 N–H and O–H groups in total. The molecular weight excluding hydrogens is 226 g/mol. The molecule has 0 amide bonds. The van der Waals surface area contributed by atoms with E-state index in [4.69, 9.17) is 0 Å². The average molecular weight is 239 g/mol. The van der Waals surface area contributed by atoms with Crippen LogP contribution in [0.2, 0.25) is 0 Å². The van der Waals surface area contributed by atoms with Gasteiger partial charge in [-0.25, -0.2) is 0 Å². The Hall–Kier alpha value is -0.740. The van der Waals surface area contributed by atoms with Crippen molar-refractivity contribution in [3.63, 3.8) is 0 Å². The molecule has 0 saturated carbocycles. The fourth-order valence-electron chi connectivity index (χ4n) is 1.58. The van der Waals surface area contributed by atoms with E-state index in [0.29, 0.717) is 0 Å². The number of pyridine rings is 1. The van der Waals surface area contributed by atoms with Gasteiger partial charge in [-0.1, -0.05) is 0 Å². The third kappa shape index (κ3) is 2.26. The topological polar surface area (TPSA) is 22.0 Å². The predicted molar refractivity (Wildman–Crippen MR) is 69.2 cm³/mol. The number of aromatic nitrogens is 1. The van der Waals surface area contributed by atoms with Crippen molar-refractivity contribution in [2.45, 2.75) is 19.4 Å². The third-order valence-electron chi connectivity index (χ3n) is 2.40. The van der Waals surface area contributed by atoms with E-state index in [1.165, 1.54) is 0 Å². The Morgan fingerprint density at radius 1 is 1.33 bits per heavy atom.